The predicted octanol–water partition coefficient (Wildman–Crippen LogP) is 8.85. The molecule has 2 aromatic carbocycles. The predicted molar refractivity (Wildman–Crippen MR) is 149 cm³/mol. The van der Waals surface area contributed by atoms with Crippen molar-refractivity contribution in [2.75, 3.05) is 22.9 Å². The summed E-state index contributed by atoms with van der Waals surface area (Å²) in [6.07, 6.45) is 0. The molecule has 2 nitrogen and oxygen atoms in total. The van der Waals surface area contributed by atoms with E-state index in [1.165, 1.54) is 33.6 Å². The fourth-order valence-corrected chi connectivity index (χ4v) is 6.02. The van der Waals surface area contributed by atoms with Gasteiger partial charge in [0.1, 0.15) is 5.82 Å². The molecule has 0 amide bonds. The highest BCUT2D eigenvalue weighted by Crippen LogP contribution is 2.44. The average molecular weight is 503 g/mol. The Morgan fingerprint density at radius 2 is 0.939 bits per heavy atom. The summed E-state index contributed by atoms with van der Waals surface area (Å²) in [5.74, 6) is 2.86. The van der Waals surface area contributed by atoms with Crippen molar-refractivity contribution < 1.29 is 0 Å². The first kappa shape index (κ1) is 26.2. The summed E-state index contributed by atoms with van der Waals surface area (Å²) in [6.45, 7) is 20.1. The number of benzene rings is 2. The van der Waals surface area contributed by atoms with Crippen molar-refractivity contribution in [3.8, 4) is 0 Å². The molecule has 0 aliphatic carbocycles. The van der Waals surface area contributed by atoms with Gasteiger partial charge in [-0.05, 0) is 51.6 Å². The standard InChI is InChI=1S/C28H39Cl2N2Si/c1-18(2)22-11-9-12-23(19(3)4)27(22)31-15-16-32(26(31)17-33(29)30)28-24(20(5)6)13-10-14-25(28)21(7)8/h9-14,17-21H,15-16H2,1-8H3. The van der Waals surface area contributed by atoms with Gasteiger partial charge < -0.3 is 9.80 Å². The highest BCUT2D eigenvalue weighted by molar-refractivity contribution is 7.36. The summed E-state index contributed by atoms with van der Waals surface area (Å²) >= 11 is 13.0. The van der Waals surface area contributed by atoms with Gasteiger partial charge in [-0.2, -0.15) is 0 Å². The van der Waals surface area contributed by atoms with Gasteiger partial charge in [0.15, 0.2) is 0 Å². The Hall–Kier alpha value is -1.42. The van der Waals surface area contributed by atoms with Crippen LogP contribution in [0.4, 0.5) is 11.4 Å². The van der Waals surface area contributed by atoms with E-state index >= 15 is 0 Å². The molecule has 179 valence electrons. The third-order valence-electron chi connectivity index (χ3n) is 6.56. The Morgan fingerprint density at radius 1 is 0.636 bits per heavy atom. The van der Waals surface area contributed by atoms with Crippen LogP contribution >= 0.6 is 22.2 Å². The third kappa shape index (κ3) is 5.47. The maximum absolute atomic E-state index is 6.51. The van der Waals surface area contributed by atoms with Crippen LogP contribution < -0.4 is 9.80 Å². The van der Waals surface area contributed by atoms with Crippen molar-refractivity contribution in [2.24, 2.45) is 0 Å². The Morgan fingerprint density at radius 3 is 1.18 bits per heavy atom. The largest absolute Gasteiger partial charge is 0.326 e. The summed E-state index contributed by atoms with van der Waals surface area (Å²) < 4.78 is 0. The van der Waals surface area contributed by atoms with Gasteiger partial charge in [-0.15, -0.1) is 22.2 Å². The van der Waals surface area contributed by atoms with Crippen LogP contribution in [-0.2, 0) is 0 Å². The number of rotatable bonds is 7. The first-order chi connectivity index (χ1) is 15.5. The molecule has 0 bridgehead atoms. The molecule has 33 heavy (non-hydrogen) atoms. The second kappa shape index (κ2) is 10.9. The van der Waals surface area contributed by atoms with Gasteiger partial charge in [0, 0.05) is 24.5 Å². The Kier molecular flexibility index (Phi) is 8.64. The second-order valence-corrected chi connectivity index (χ2v) is 14.2. The molecule has 0 N–H and O–H groups in total. The second-order valence-electron chi connectivity index (χ2n) is 10.3. The molecule has 3 rings (SSSR count). The molecule has 0 unspecified atom stereocenters. The van der Waals surface area contributed by atoms with Crippen LogP contribution in [0.3, 0.4) is 0 Å². The number of para-hydroxylation sites is 2. The number of anilines is 2. The molecular formula is C28H39Cl2N2Si. The van der Waals surface area contributed by atoms with Gasteiger partial charge >= 0.3 is 7.42 Å². The van der Waals surface area contributed by atoms with Crippen LogP contribution in [0.15, 0.2) is 47.9 Å². The topological polar surface area (TPSA) is 6.48 Å². The molecule has 1 saturated heterocycles. The van der Waals surface area contributed by atoms with Gasteiger partial charge in [0.05, 0.1) is 0 Å². The first-order valence-corrected chi connectivity index (χ1v) is 15.8. The quantitative estimate of drug-likeness (QED) is 0.276. The maximum Gasteiger partial charge on any atom is 0.303 e. The van der Waals surface area contributed by atoms with Crippen molar-refractivity contribution in [3.63, 3.8) is 0 Å². The van der Waals surface area contributed by atoms with Crippen LogP contribution in [0.1, 0.15) is 101 Å². The summed E-state index contributed by atoms with van der Waals surface area (Å²) in [4.78, 5) is 4.97. The molecule has 0 saturated carbocycles. The molecular weight excluding hydrogens is 463 g/mol. The molecule has 0 aromatic heterocycles. The number of hydrogen-bond acceptors (Lipinski definition) is 2. The molecule has 1 fully saturated rings. The maximum atomic E-state index is 6.51. The van der Waals surface area contributed by atoms with Crippen LogP contribution in [0.25, 0.3) is 0 Å². The van der Waals surface area contributed by atoms with E-state index < -0.39 is 7.42 Å². The zero-order valence-corrected chi connectivity index (χ0v) is 23.9. The summed E-state index contributed by atoms with van der Waals surface area (Å²) in [5, 5.41) is 0. The van der Waals surface area contributed by atoms with Crippen molar-refractivity contribution in [3.05, 3.63) is 70.2 Å². The fourth-order valence-electron chi connectivity index (χ4n) is 4.93. The Labute approximate surface area is 212 Å². The molecule has 0 atom stereocenters. The summed E-state index contributed by atoms with van der Waals surface area (Å²) in [6, 6.07) is 13.5. The highest BCUT2D eigenvalue weighted by Gasteiger charge is 2.34. The molecule has 1 radical (unpaired) electrons. The molecule has 1 aliphatic rings. The van der Waals surface area contributed by atoms with E-state index in [1.54, 1.807) is 0 Å². The minimum atomic E-state index is -1.63. The Balaban J connectivity index is 2.26. The van der Waals surface area contributed by atoms with Crippen LogP contribution in [-0.4, -0.2) is 20.5 Å². The number of halogens is 2. The van der Waals surface area contributed by atoms with E-state index in [9.17, 15) is 0 Å². The van der Waals surface area contributed by atoms with Gasteiger partial charge in [-0.25, -0.2) is 0 Å². The highest BCUT2D eigenvalue weighted by atomic mass is 35.7. The van der Waals surface area contributed by atoms with Crippen LogP contribution in [0, 0.1) is 0 Å². The van der Waals surface area contributed by atoms with E-state index in [0.29, 0.717) is 23.7 Å². The van der Waals surface area contributed by atoms with Gasteiger partial charge in [-0.1, -0.05) is 91.8 Å². The minimum absolute atomic E-state index is 0.431. The molecule has 1 heterocycles. The number of hydrogen-bond donors (Lipinski definition) is 0. The third-order valence-corrected chi connectivity index (χ3v) is 7.69. The lowest BCUT2D eigenvalue weighted by Gasteiger charge is -2.33. The summed E-state index contributed by atoms with van der Waals surface area (Å²) in [7, 11) is -1.63. The zero-order chi connectivity index (χ0) is 24.4. The van der Waals surface area contributed by atoms with Crippen molar-refractivity contribution in [1.29, 1.82) is 0 Å². The lowest BCUT2D eigenvalue weighted by Crippen LogP contribution is -2.27. The molecule has 2 aromatic rings. The molecule has 0 spiro atoms. The van der Waals surface area contributed by atoms with E-state index in [-0.39, 0.29) is 0 Å². The fraction of sp³-hybridized carbons (Fsp3) is 0.500. The van der Waals surface area contributed by atoms with Gasteiger partial charge in [-0.3, -0.25) is 0 Å². The average Bonchev–Trinajstić information content (AvgIpc) is 3.14. The smallest absolute Gasteiger partial charge is 0.303 e. The van der Waals surface area contributed by atoms with Crippen molar-refractivity contribution in [2.45, 2.75) is 79.1 Å². The van der Waals surface area contributed by atoms with Gasteiger partial charge in [0.25, 0.3) is 0 Å². The van der Waals surface area contributed by atoms with Gasteiger partial charge in [0.2, 0.25) is 0 Å². The first-order valence-electron chi connectivity index (χ1n) is 12.2. The normalized spacial score (nSPS) is 14.7. The number of nitrogens with zero attached hydrogens (tertiary/aromatic N) is 2. The molecule has 1 aliphatic heterocycles. The van der Waals surface area contributed by atoms with Crippen LogP contribution in [0.2, 0.25) is 0 Å². The van der Waals surface area contributed by atoms with E-state index in [4.69, 9.17) is 22.2 Å². The van der Waals surface area contributed by atoms with E-state index in [0.717, 1.165) is 18.9 Å². The van der Waals surface area contributed by atoms with E-state index in [2.05, 4.69) is 107 Å². The Bertz CT molecular complexity index is 869. The molecule has 5 heteroatoms. The van der Waals surface area contributed by atoms with Crippen molar-refractivity contribution in [1.82, 2.24) is 0 Å². The lowest BCUT2D eigenvalue weighted by molar-refractivity contribution is 0.817. The SMILES string of the molecule is CC(C)c1cccc(C(C)C)c1N1CCN(c2c(C(C)C)cccc2C(C)C)C1=C[Si](Cl)Cl. The monoisotopic (exact) mass is 501 g/mol. The lowest BCUT2D eigenvalue weighted by atomic mass is 9.91. The zero-order valence-electron chi connectivity index (χ0n) is 21.4. The van der Waals surface area contributed by atoms with Crippen LogP contribution in [0.5, 0.6) is 0 Å². The summed E-state index contributed by atoms with van der Waals surface area (Å²) in [5.41, 5.74) is 10.3. The minimum Gasteiger partial charge on any atom is -0.326 e. The van der Waals surface area contributed by atoms with Crippen molar-refractivity contribution >= 4 is 40.9 Å². The van der Waals surface area contributed by atoms with E-state index in [1.807, 2.05) is 0 Å².